The Morgan fingerprint density at radius 2 is 1.69 bits per heavy atom. The number of carbonyl (C=O) groups excluding carboxylic acids is 2. The van der Waals surface area contributed by atoms with E-state index in [1.807, 2.05) is 105 Å². The first-order valence-electron chi connectivity index (χ1n) is 14.7. The quantitative estimate of drug-likeness (QED) is 0.336. The van der Waals surface area contributed by atoms with Crippen LogP contribution in [0.3, 0.4) is 0 Å². The van der Waals surface area contributed by atoms with Gasteiger partial charge in [-0.3, -0.25) is 9.59 Å². The van der Waals surface area contributed by atoms with Crippen LogP contribution in [0.4, 0.5) is 0 Å². The molecule has 2 heterocycles. The number of amides is 2. The Hall–Kier alpha value is -3.94. The molecule has 7 nitrogen and oxygen atoms in total. The van der Waals surface area contributed by atoms with Crippen LogP contribution in [0.15, 0.2) is 78.9 Å². The molecule has 0 bridgehead atoms. The maximum atomic E-state index is 14.5. The molecule has 0 aliphatic carbocycles. The Morgan fingerprint density at radius 1 is 1.02 bits per heavy atom. The van der Waals surface area contributed by atoms with E-state index in [1.54, 1.807) is 9.80 Å². The van der Waals surface area contributed by atoms with Crippen molar-refractivity contribution in [2.75, 3.05) is 26.7 Å². The number of para-hydroxylation sites is 1. The number of ether oxygens (including phenoxy) is 1. The Balaban J connectivity index is 1.55. The van der Waals surface area contributed by atoms with Crippen molar-refractivity contribution < 1.29 is 19.4 Å². The normalized spacial score (nSPS) is 19.0. The second kappa shape index (κ2) is 12.5. The molecule has 220 valence electrons. The Morgan fingerprint density at radius 3 is 2.43 bits per heavy atom. The standard InChI is InChI=1S/C35H41N3O4/c1-23-19-38(24(2)21-39)35(41)33-32(29-17-11-12-18-30(29)37(33)5)28-16-10-9-15-27(28)22-42-31(23)20-36(4)34(40)25(3)26-13-7-6-8-14-26/h6-18,23-25,31,39H,19-22H2,1-5H3/t23-,24-,25+,31-/m0/s1. The predicted molar refractivity (Wildman–Crippen MR) is 166 cm³/mol. The van der Waals surface area contributed by atoms with E-state index < -0.39 is 6.04 Å². The Labute approximate surface area is 248 Å². The number of fused-ring (bicyclic) bond motifs is 5. The van der Waals surface area contributed by atoms with Gasteiger partial charge in [0.2, 0.25) is 5.91 Å². The van der Waals surface area contributed by atoms with Crippen molar-refractivity contribution in [3.63, 3.8) is 0 Å². The molecular formula is C35H41N3O4. The lowest BCUT2D eigenvalue weighted by molar-refractivity contribution is -0.134. The van der Waals surface area contributed by atoms with Gasteiger partial charge in [-0.05, 0) is 36.6 Å². The lowest BCUT2D eigenvalue weighted by Crippen LogP contribution is -2.48. The van der Waals surface area contributed by atoms with Gasteiger partial charge in [0.1, 0.15) is 5.69 Å². The highest BCUT2D eigenvalue weighted by Crippen LogP contribution is 2.38. The molecule has 0 unspecified atom stereocenters. The fourth-order valence-corrected chi connectivity index (χ4v) is 6.10. The maximum absolute atomic E-state index is 14.5. The fourth-order valence-electron chi connectivity index (χ4n) is 6.10. The minimum absolute atomic E-state index is 0.0160. The first kappa shape index (κ1) is 29.5. The van der Waals surface area contributed by atoms with Crippen molar-refractivity contribution in [1.29, 1.82) is 0 Å². The first-order valence-corrected chi connectivity index (χ1v) is 14.7. The molecule has 5 rings (SSSR count). The molecule has 7 heteroatoms. The molecular weight excluding hydrogens is 526 g/mol. The summed E-state index contributed by atoms with van der Waals surface area (Å²) in [6, 6.07) is 25.5. The molecule has 0 spiro atoms. The Kier molecular flexibility index (Phi) is 8.80. The van der Waals surface area contributed by atoms with Crippen molar-refractivity contribution in [3.05, 3.63) is 95.7 Å². The molecule has 1 aromatic heterocycles. The SMILES string of the molecule is C[C@@H](C(=O)N(C)C[C@@H]1OCc2ccccc2-c2c(n(C)c3ccccc23)C(=O)N([C@@H](C)CO)C[C@@H]1C)c1ccccc1. The largest absolute Gasteiger partial charge is 0.394 e. The number of hydrogen-bond acceptors (Lipinski definition) is 4. The topological polar surface area (TPSA) is 75.0 Å². The van der Waals surface area contributed by atoms with Crippen LogP contribution in [0.2, 0.25) is 0 Å². The number of hydrogen-bond donors (Lipinski definition) is 1. The smallest absolute Gasteiger partial charge is 0.271 e. The summed E-state index contributed by atoms with van der Waals surface area (Å²) in [6.07, 6.45) is -0.339. The predicted octanol–water partition coefficient (Wildman–Crippen LogP) is 5.47. The van der Waals surface area contributed by atoms with E-state index in [0.29, 0.717) is 25.4 Å². The summed E-state index contributed by atoms with van der Waals surface area (Å²) >= 11 is 0. The summed E-state index contributed by atoms with van der Waals surface area (Å²) in [7, 11) is 3.75. The number of benzene rings is 3. The second-order valence-corrected chi connectivity index (χ2v) is 11.6. The highest BCUT2D eigenvalue weighted by Gasteiger charge is 2.34. The highest BCUT2D eigenvalue weighted by atomic mass is 16.5. The number of aliphatic hydroxyl groups is 1. The average molecular weight is 568 g/mol. The van der Waals surface area contributed by atoms with Crippen LogP contribution in [0.1, 0.15) is 48.3 Å². The summed E-state index contributed by atoms with van der Waals surface area (Å²) in [6.45, 7) is 6.79. The van der Waals surface area contributed by atoms with Crippen LogP contribution >= 0.6 is 0 Å². The monoisotopic (exact) mass is 567 g/mol. The summed E-state index contributed by atoms with van der Waals surface area (Å²) in [5.41, 5.74) is 5.35. The zero-order valence-corrected chi connectivity index (χ0v) is 25.2. The average Bonchev–Trinajstić information content (AvgIpc) is 3.31. The number of aliphatic hydroxyl groups excluding tert-OH is 1. The van der Waals surface area contributed by atoms with E-state index in [2.05, 4.69) is 13.0 Å². The minimum atomic E-state index is -0.403. The van der Waals surface area contributed by atoms with Crippen molar-refractivity contribution in [2.45, 2.75) is 45.4 Å². The third-order valence-corrected chi connectivity index (χ3v) is 8.73. The van der Waals surface area contributed by atoms with E-state index in [9.17, 15) is 14.7 Å². The molecule has 0 saturated heterocycles. The zero-order valence-electron chi connectivity index (χ0n) is 25.2. The van der Waals surface area contributed by atoms with Crippen LogP contribution in [-0.2, 0) is 23.2 Å². The van der Waals surface area contributed by atoms with E-state index in [4.69, 9.17) is 4.74 Å². The number of nitrogens with zero attached hydrogens (tertiary/aromatic N) is 3. The summed E-state index contributed by atoms with van der Waals surface area (Å²) in [4.78, 5) is 31.5. The van der Waals surface area contributed by atoms with Gasteiger partial charge in [0, 0.05) is 49.6 Å². The van der Waals surface area contributed by atoms with Crippen LogP contribution < -0.4 is 0 Å². The van der Waals surface area contributed by atoms with Gasteiger partial charge in [0.05, 0.1) is 31.3 Å². The molecule has 4 aromatic rings. The van der Waals surface area contributed by atoms with Gasteiger partial charge < -0.3 is 24.2 Å². The van der Waals surface area contributed by atoms with Crippen LogP contribution in [0, 0.1) is 5.92 Å². The van der Waals surface area contributed by atoms with Crippen molar-refractivity contribution in [2.24, 2.45) is 13.0 Å². The fraction of sp³-hybridized carbons (Fsp3) is 0.371. The summed E-state index contributed by atoms with van der Waals surface area (Å²) < 4.78 is 8.62. The van der Waals surface area contributed by atoms with Crippen molar-refractivity contribution >= 4 is 22.7 Å². The second-order valence-electron chi connectivity index (χ2n) is 11.6. The van der Waals surface area contributed by atoms with Crippen LogP contribution in [0.25, 0.3) is 22.0 Å². The molecule has 0 radical (unpaired) electrons. The summed E-state index contributed by atoms with van der Waals surface area (Å²) in [5, 5.41) is 11.2. The van der Waals surface area contributed by atoms with Gasteiger partial charge in [-0.2, -0.15) is 0 Å². The third-order valence-electron chi connectivity index (χ3n) is 8.73. The van der Waals surface area contributed by atoms with E-state index in [1.165, 1.54) is 0 Å². The number of aromatic nitrogens is 1. The number of aryl methyl sites for hydroxylation is 1. The number of carbonyl (C=O) groups is 2. The third kappa shape index (κ3) is 5.59. The van der Waals surface area contributed by atoms with Gasteiger partial charge in [0.15, 0.2) is 0 Å². The van der Waals surface area contributed by atoms with Crippen molar-refractivity contribution in [3.8, 4) is 11.1 Å². The van der Waals surface area contributed by atoms with Crippen LogP contribution in [0.5, 0.6) is 0 Å². The number of likely N-dealkylation sites (N-methyl/N-ethyl adjacent to an activating group) is 1. The van der Waals surface area contributed by atoms with Crippen LogP contribution in [-0.4, -0.2) is 70.2 Å². The molecule has 1 N–H and O–H groups in total. The first-order chi connectivity index (χ1) is 20.2. The summed E-state index contributed by atoms with van der Waals surface area (Å²) in [5.74, 6) is -0.518. The zero-order chi connectivity index (χ0) is 30.0. The maximum Gasteiger partial charge on any atom is 0.271 e. The van der Waals surface area contributed by atoms with Gasteiger partial charge in [-0.25, -0.2) is 0 Å². The van der Waals surface area contributed by atoms with Gasteiger partial charge >= 0.3 is 0 Å². The highest BCUT2D eigenvalue weighted by molar-refractivity contribution is 6.10. The minimum Gasteiger partial charge on any atom is -0.394 e. The molecule has 2 amide bonds. The number of rotatable bonds is 6. The van der Waals surface area contributed by atoms with Crippen molar-refractivity contribution in [1.82, 2.24) is 14.4 Å². The van der Waals surface area contributed by atoms with E-state index in [-0.39, 0.29) is 36.4 Å². The molecule has 3 aromatic carbocycles. The molecule has 0 saturated carbocycles. The van der Waals surface area contributed by atoms with Gasteiger partial charge in [-0.15, -0.1) is 0 Å². The van der Waals surface area contributed by atoms with E-state index in [0.717, 1.165) is 33.2 Å². The molecule has 1 aliphatic heterocycles. The molecule has 42 heavy (non-hydrogen) atoms. The van der Waals surface area contributed by atoms with E-state index >= 15 is 0 Å². The van der Waals surface area contributed by atoms with Gasteiger partial charge in [0.25, 0.3) is 5.91 Å². The molecule has 0 fully saturated rings. The lowest BCUT2D eigenvalue weighted by Gasteiger charge is -2.35. The molecule has 1 aliphatic rings. The molecule has 4 atom stereocenters. The Bertz CT molecular complexity index is 1560. The van der Waals surface area contributed by atoms with Gasteiger partial charge in [-0.1, -0.05) is 79.7 Å². The lowest BCUT2D eigenvalue weighted by atomic mass is 9.96.